The van der Waals surface area contributed by atoms with Crippen molar-refractivity contribution in [2.75, 3.05) is 11.1 Å². The van der Waals surface area contributed by atoms with Crippen LogP contribution in [0.4, 0.5) is 5.13 Å². The Bertz CT molecular complexity index is 1080. The summed E-state index contributed by atoms with van der Waals surface area (Å²) in [5.74, 6) is -0.102. The Labute approximate surface area is 150 Å². The molecule has 0 aliphatic heterocycles. The largest absolute Gasteiger partial charge is 0.332 e. The number of thiazole rings is 1. The maximum absolute atomic E-state index is 12.4. The van der Waals surface area contributed by atoms with E-state index in [9.17, 15) is 14.4 Å². The molecule has 0 radical (unpaired) electrons. The summed E-state index contributed by atoms with van der Waals surface area (Å²) in [4.78, 5) is 45.4. The first-order valence-corrected chi connectivity index (χ1v) is 9.14. The van der Waals surface area contributed by atoms with Crippen LogP contribution in [0.3, 0.4) is 0 Å². The van der Waals surface area contributed by atoms with Gasteiger partial charge in [-0.2, -0.15) is 0 Å². The molecule has 0 unspecified atom stereocenters. The number of pyridine rings is 1. The van der Waals surface area contributed by atoms with E-state index in [1.54, 1.807) is 13.1 Å². The van der Waals surface area contributed by atoms with Crippen molar-refractivity contribution in [1.82, 2.24) is 19.1 Å². The molecule has 0 fully saturated rings. The molecule has 8 nitrogen and oxygen atoms in total. The van der Waals surface area contributed by atoms with Gasteiger partial charge in [-0.1, -0.05) is 0 Å². The van der Waals surface area contributed by atoms with Crippen molar-refractivity contribution in [3.63, 3.8) is 0 Å². The molecule has 1 amide bonds. The van der Waals surface area contributed by atoms with Crippen molar-refractivity contribution < 1.29 is 4.79 Å². The van der Waals surface area contributed by atoms with Gasteiger partial charge in [0.2, 0.25) is 5.91 Å². The number of carbonyl (C=O) groups is 1. The zero-order chi connectivity index (χ0) is 18.1. The highest BCUT2D eigenvalue weighted by atomic mass is 32.2. The summed E-state index contributed by atoms with van der Waals surface area (Å²) in [6.07, 6.45) is 1.52. The average Bonchev–Trinajstić information content (AvgIpc) is 3.00. The van der Waals surface area contributed by atoms with Crippen molar-refractivity contribution in [3.8, 4) is 0 Å². The van der Waals surface area contributed by atoms with Gasteiger partial charge in [-0.3, -0.25) is 18.7 Å². The van der Waals surface area contributed by atoms with Crippen molar-refractivity contribution in [3.05, 3.63) is 44.2 Å². The Hall–Kier alpha value is -2.46. The van der Waals surface area contributed by atoms with Crippen molar-refractivity contribution in [1.29, 1.82) is 0 Å². The molecule has 1 N–H and O–H groups in total. The summed E-state index contributed by atoms with van der Waals surface area (Å²) in [5.41, 5.74) is 0.278. The zero-order valence-corrected chi connectivity index (χ0v) is 15.4. The van der Waals surface area contributed by atoms with E-state index in [4.69, 9.17) is 0 Å². The molecule has 3 aromatic heterocycles. The van der Waals surface area contributed by atoms with Crippen LogP contribution in [0, 0.1) is 6.92 Å². The molecule has 25 heavy (non-hydrogen) atoms. The van der Waals surface area contributed by atoms with Gasteiger partial charge in [0, 0.05) is 30.6 Å². The molecule has 0 bridgehead atoms. The zero-order valence-electron chi connectivity index (χ0n) is 13.8. The summed E-state index contributed by atoms with van der Waals surface area (Å²) < 4.78 is 2.35. The fraction of sp³-hybridized carbons (Fsp3) is 0.267. The molecule has 3 aromatic rings. The second-order valence-electron chi connectivity index (χ2n) is 5.34. The highest BCUT2D eigenvalue weighted by Crippen LogP contribution is 2.24. The summed E-state index contributed by atoms with van der Waals surface area (Å²) in [6.45, 7) is 1.85. The smallest absolute Gasteiger partial charge is 0.301 e. The van der Waals surface area contributed by atoms with Gasteiger partial charge >= 0.3 is 5.69 Å². The van der Waals surface area contributed by atoms with Crippen LogP contribution in [-0.2, 0) is 18.9 Å². The van der Waals surface area contributed by atoms with Crippen LogP contribution in [0.2, 0.25) is 0 Å². The Kier molecular flexibility index (Phi) is 4.73. The summed E-state index contributed by atoms with van der Waals surface area (Å²) in [5, 5.41) is 5.44. The van der Waals surface area contributed by atoms with Gasteiger partial charge in [0.1, 0.15) is 5.65 Å². The predicted octanol–water partition coefficient (Wildman–Crippen LogP) is 1.13. The summed E-state index contributed by atoms with van der Waals surface area (Å²) in [6, 6.07) is 1.67. The summed E-state index contributed by atoms with van der Waals surface area (Å²) >= 11 is 2.57. The number of carbonyl (C=O) groups excluding carboxylic acids is 1. The van der Waals surface area contributed by atoms with Crippen LogP contribution in [-0.4, -0.2) is 30.8 Å². The predicted molar refractivity (Wildman–Crippen MR) is 98.4 cm³/mol. The molecule has 130 valence electrons. The number of fused-ring (bicyclic) bond motifs is 1. The van der Waals surface area contributed by atoms with Crippen LogP contribution in [0.15, 0.2) is 32.1 Å². The average molecular weight is 377 g/mol. The van der Waals surface area contributed by atoms with E-state index in [2.05, 4.69) is 15.3 Å². The van der Waals surface area contributed by atoms with Crippen LogP contribution in [0.25, 0.3) is 11.0 Å². The third-order valence-corrected chi connectivity index (χ3v) is 5.46. The van der Waals surface area contributed by atoms with Gasteiger partial charge < -0.3 is 5.32 Å². The lowest BCUT2D eigenvalue weighted by molar-refractivity contribution is -0.113. The third kappa shape index (κ3) is 3.35. The van der Waals surface area contributed by atoms with Crippen LogP contribution >= 0.6 is 23.1 Å². The van der Waals surface area contributed by atoms with E-state index >= 15 is 0 Å². The number of amides is 1. The molecular formula is C15H15N5O3S2. The number of nitrogens with one attached hydrogen (secondary N) is 1. The van der Waals surface area contributed by atoms with Gasteiger partial charge in [0.05, 0.1) is 16.8 Å². The number of aromatic nitrogens is 4. The highest BCUT2D eigenvalue weighted by Gasteiger charge is 2.15. The normalized spacial score (nSPS) is 11.0. The van der Waals surface area contributed by atoms with E-state index in [0.717, 1.165) is 10.3 Å². The van der Waals surface area contributed by atoms with Crippen molar-refractivity contribution >= 4 is 45.2 Å². The second kappa shape index (κ2) is 6.81. The fourth-order valence-electron chi connectivity index (χ4n) is 2.29. The molecule has 0 aliphatic rings. The Morgan fingerprint density at radius 1 is 1.32 bits per heavy atom. The number of aryl methyl sites for hydroxylation is 2. The fourth-order valence-corrected chi connectivity index (χ4v) is 3.83. The SMILES string of the molecule is Cc1csc(NC(=O)CSc2ccnc3c2c(=O)n(C)c(=O)n3C)n1. The van der Waals surface area contributed by atoms with Crippen molar-refractivity contribution in [2.24, 2.45) is 14.1 Å². The minimum atomic E-state index is -0.441. The quantitative estimate of drug-likeness (QED) is 0.684. The van der Waals surface area contributed by atoms with E-state index < -0.39 is 11.2 Å². The number of nitrogens with zero attached hydrogens (tertiary/aromatic N) is 4. The van der Waals surface area contributed by atoms with Gasteiger partial charge in [0.25, 0.3) is 5.56 Å². The maximum atomic E-state index is 12.4. The third-order valence-electron chi connectivity index (χ3n) is 3.53. The molecule has 0 spiro atoms. The topological polar surface area (TPSA) is 98.9 Å². The Morgan fingerprint density at radius 3 is 2.76 bits per heavy atom. The van der Waals surface area contributed by atoms with Gasteiger partial charge in [-0.15, -0.1) is 23.1 Å². The van der Waals surface area contributed by atoms with Gasteiger partial charge in [-0.25, -0.2) is 14.8 Å². The minimum Gasteiger partial charge on any atom is -0.301 e. The lowest BCUT2D eigenvalue weighted by Crippen LogP contribution is -2.37. The molecule has 0 aromatic carbocycles. The molecule has 0 aliphatic carbocycles. The standard InChI is InChI=1S/C15H15N5O3S2/c1-8-6-25-14(17-8)18-10(21)7-24-9-4-5-16-12-11(9)13(22)20(3)15(23)19(12)2/h4-6H,7H2,1-3H3,(H,17,18,21). The van der Waals surface area contributed by atoms with E-state index in [-0.39, 0.29) is 11.7 Å². The highest BCUT2D eigenvalue weighted by molar-refractivity contribution is 8.00. The Morgan fingerprint density at radius 2 is 2.08 bits per heavy atom. The van der Waals surface area contributed by atoms with Gasteiger partial charge in [-0.05, 0) is 13.0 Å². The number of hydrogen-bond donors (Lipinski definition) is 1. The number of rotatable bonds is 4. The number of hydrogen-bond acceptors (Lipinski definition) is 7. The second-order valence-corrected chi connectivity index (χ2v) is 7.22. The van der Waals surface area contributed by atoms with E-state index in [1.807, 2.05) is 12.3 Å². The van der Waals surface area contributed by atoms with E-state index in [1.165, 1.54) is 40.9 Å². The molecule has 0 saturated carbocycles. The molecule has 3 heterocycles. The van der Waals surface area contributed by atoms with Crippen LogP contribution < -0.4 is 16.6 Å². The molecule has 3 rings (SSSR count). The number of anilines is 1. The van der Waals surface area contributed by atoms with Crippen LogP contribution in [0.1, 0.15) is 5.69 Å². The monoisotopic (exact) mass is 377 g/mol. The minimum absolute atomic E-state index is 0.115. The lowest BCUT2D eigenvalue weighted by Gasteiger charge is -2.09. The molecule has 0 atom stereocenters. The summed E-state index contributed by atoms with van der Waals surface area (Å²) in [7, 11) is 2.98. The molecular weight excluding hydrogens is 362 g/mol. The Balaban J connectivity index is 1.88. The van der Waals surface area contributed by atoms with Gasteiger partial charge in [0.15, 0.2) is 5.13 Å². The first-order valence-electron chi connectivity index (χ1n) is 7.28. The first kappa shape index (κ1) is 17.4. The maximum Gasteiger partial charge on any atom is 0.332 e. The number of thioether (sulfide) groups is 1. The van der Waals surface area contributed by atoms with Crippen LogP contribution in [0.5, 0.6) is 0 Å². The van der Waals surface area contributed by atoms with E-state index in [0.29, 0.717) is 21.1 Å². The molecule has 0 saturated heterocycles. The van der Waals surface area contributed by atoms with Crippen molar-refractivity contribution in [2.45, 2.75) is 11.8 Å². The first-order chi connectivity index (χ1) is 11.9. The lowest BCUT2D eigenvalue weighted by atomic mass is 10.3. The molecule has 10 heteroatoms.